The van der Waals surface area contributed by atoms with Crippen LogP contribution in [0.3, 0.4) is 0 Å². The van der Waals surface area contributed by atoms with Crippen LogP contribution in [-0.2, 0) is 14.3 Å². The molecule has 8 nitrogen and oxygen atoms in total. The van der Waals surface area contributed by atoms with Crippen LogP contribution >= 0.6 is 0 Å². The van der Waals surface area contributed by atoms with E-state index in [4.69, 9.17) is 9.47 Å². The number of carbonyl (C=O) groups is 1. The maximum atomic E-state index is 12.4. The predicted molar refractivity (Wildman–Crippen MR) is 154 cm³/mol. The number of aromatic nitrogens is 2. The summed E-state index contributed by atoms with van der Waals surface area (Å²) in [5, 5.41) is 0. The van der Waals surface area contributed by atoms with Crippen molar-refractivity contribution in [2.24, 2.45) is 4.99 Å². The Labute approximate surface area is 230 Å². The molecule has 1 aliphatic heterocycles. The van der Waals surface area contributed by atoms with E-state index in [-0.39, 0.29) is 24.9 Å². The third-order valence-electron chi connectivity index (χ3n) is 7.05. The maximum absolute atomic E-state index is 12.4. The summed E-state index contributed by atoms with van der Waals surface area (Å²) in [5.41, 5.74) is -0.394. The van der Waals surface area contributed by atoms with Gasteiger partial charge in [-0.1, -0.05) is 96.8 Å². The molecule has 1 saturated heterocycles. The SMILES string of the molecule is CCCCCCCCCCCCCCCCCC(=O)OC[C@@H]1CC[C@H](n2ccc(N=CN(C)C)nc2=O)O1. The van der Waals surface area contributed by atoms with E-state index in [0.29, 0.717) is 18.7 Å². The van der Waals surface area contributed by atoms with Gasteiger partial charge in [-0.05, 0) is 25.3 Å². The fraction of sp³-hybridized carbons (Fsp3) is 0.800. The van der Waals surface area contributed by atoms with Gasteiger partial charge in [0.25, 0.3) is 0 Å². The smallest absolute Gasteiger partial charge is 0.351 e. The number of hydrogen-bond donors (Lipinski definition) is 0. The standard InChI is InChI=1S/C30H52N4O4/c1-4-5-6-7-8-9-10-11-12-13-14-15-16-17-18-19-29(35)37-24-26-20-21-28(38-26)34-23-22-27(32-30(34)36)31-25-33(2)3/h22-23,25-26,28H,4-21,24H2,1-3H3/t26-,28+/m0/s1. The minimum atomic E-state index is -0.394. The largest absolute Gasteiger partial charge is 0.463 e. The number of rotatable bonds is 21. The number of ether oxygens (including phenoxy) is 2. The highest BCUT2D eigenvalue weighted by Gasteiger charge is 2.28. The normalized spacial score (nSPS) is 17.3. The van der Waals surface area contributed by atoms with Crippen molar-refractivity contribution in [1.82, 2.24) is 14.5 Å². The van der Waals surface area contributed by atoms with E-state index in [9.17, 15) is 9.59 Å². The van der Waals surface area contributed by atoms with Gasteiger partial charge in [0.1, 0.15) is 12.8 Å². The van der Waals surface area contributed by atoms with Crippen molar-refractivity contribution in [3.05, 3.63) is 22.7 Å². The van der Waals surface area contributed by atoms with Gasteiger partial charge in [-0.25, -0.2) is 9.79 Å². The molecule has 8 heteroatoms. The zero-order valence-corrected chi connectivity index (χ0v) is 24.2. The number of aliphatic imine (C=N–C) groups is 1. The van der Waals surface area contributed by atoms with Crippen LogP contribution in [-0.4, -0.2) is 53.6 Å². The summed E-state index contributed by atoms with van der Waals surface area (Å²) < 4.78 is 12.9. The Morgan fingerprint density at radius 2 is 1.58 bits per heavy atom. The third-order valence-corrected chi connectivity index (χ3v) is 7.05. The summed E-state index contributed by atoms with van der Waals surface area (Å²) >= 11 is 0. The van der Waals surface area contributed by atoms with E-state index in [2.05, 4.69) is 16.9 Å². The molecular weight excluding hydrogens is 480 g/mol. The van der Waals surface area contributed by atoms with E-state index in [0.717, 1.165) is 19.3 Å². The molecule has 2 atom stereocenters. The Hall–Kier alpha value is -2.22. The van der Waals surface area contributed by atoms with Gasteiger partial charge in [0, 0.05) is 26.7 Å². The molecular formula is C30H52N4O4. The molecule has 38 heavy (non-hydrogen) atoms. The first-order valence-electron chi connectivity index (χ1n) is 15.1. The van der Waals surface area contributed by atoms with E-state index >= 15 is 0 Å². The first-order chi connectivity index (χ1) is 18.5. The second-order valence-electron chi connectivity index (χ2n) is 10.9. The molecule has 216 valence electrons. The Morgan fingerprint density at radius 1 is 1.00 bits per heavy atom. The van der Waals surface area contributed by atoms with E-state index in [1.807, 2.05) is 14.1 Å². The first kappa shape index (κ1) is 32.0. The van der Waals surface area contributed by atoms with Gasteiger partial charge in [-0.3, -0.25) is 9.36 Å². The highest BCUT2D eigenvalue weighted by molar-refractivity contribution is 5.69. The molecule has 0 saturated carbocycles. The van der Waals surface area contributed by atoms with Gasteiger partial charge >= 0.3 is 11.7 Å². The van der Waals surface area contributed by atoms with Crippen LogP contribution in [0.5, 0.6) is 0 Å². The summed E-state index contributed by atoms with van der Waals surface area (Å²) in [4.78, 5) is 34.4. The second-order valence-corrected chi connectivity index (χ2v) is 10.9. The lowest BCUT2D eigenvalue weighted by Crippen LogP contribution is -2.27. The molecule has 0 radical (unpaired) electrons. The fourth-order valence-corrected chi connectivity index (χ4v) is 4.78. The van der Waals surface area contributed by atoms with Gasteiger partial charge < -0.3 is 14.4 Å². The van der Waals surface area contributed by atoms with Crippen molar-refractivity contribution in [1.29, 1.82) is 0 Å². The summed E-state index contributed by atoms with van der Waals surface area (Å²) in [6, 6.07) is 1.69. The molecule has 0 N–H and O–H groups in total. The predicted octanol–water partition coefficient (Wildman–Crippen LogP) is 6.95. The second kappa shape index (κ2) is 19.8. The zero-order valence-electron chi connectivity index (χ0n) is 24.2. The Kier molecular flexibility index (Phi) is 16.7. The Balaban J connectivity index is 1.45. The fourth-order valence-electron chi connectivity index (χ4n) is 4.78. The first-order valence-corrected chi connectivity index (χ1v) is 15.1. The van der Waals surface area contributed by atoms with Crippen LogP contribution < -0.4 is 5.69 Å². The monoisotopic (exact) mass is 532 g/mol. The number of hydrogen-bond acceptors (Lipinski definition) is 6. The van der Waals surface area contributed by atoms with Crippen molar-refractivity contribution in [2.45, 2.75) is 135 Å². The van der Waals surface area contributed by atoms with E-state index in [1.54, 1.807) is 23.5 Å². The number of carbonyl (C=O) groups excluding carboxylic acids is 1. The molecule has 1 aliphatic rings. The molecule has 0 amide bonds. The quantitative estimate of drug-likeness (QED) is 0.0737. The van der Waals surface area contributed by atoms with Gasteiger partial charge in [0.05, 0.1) is 12.4 Å². The molecule has 1 aromatic rings. The lowest BCUT2D eigenvalue weighted by Gasteiger charge is -2.15. The van der Waals surface area contributed by atoms with Crippen LogP contribution in [0.2, 0.25) is 0 Å². The molecule has 2 heterocycles. The van der Waals surface area contributed by atoms with Crippen molar-refractivity contribution in [3.63, 3.8) is 0 Å². The minimum Gasteiger partial charge on any atom is -0.463 e. The molecule has 0 aliphatic carbocycles. The van der Waals surface area contributed by atoms with Gasteiger partial charge in [-0.15, -0.1) is 0 Å². The van der Waals surface area contributed by atoms with E-state index in [1.165, 1.54) is 88.0 Å². The van der Waals surface area contributed by atoms with Crippen molar-refractivity contribution in [3.8, 4) is 0 Å². The average molecular weight is 533 g/mol. The minimum absolute atomic E-state index is 0.159. The lowest BCUT2D eigenvalue weighted by molar-refractivity contribution is -0.148. The summed E-state index contributed by atoms with van der Waals surface area (Å²) in [5.74, 6) is 0.205. The topological polar surface area (TPSA) is 86.0 Å². The van der Waals surface area contributed by atoms with Gasteiger partial charge in [0.15, 0.2) is 5.82 Å². The molecule has 1 aromatic heterocycles. The van der Waals surface area contributed by atoms with Crippen LogP contribution in [0.15, 0.2) is 22.1 Å². The summed E-state index contributed by atoms with van der Waals surface area (Å²) in [6.07, 6.45) is 24.2. The highest BCUT2D eigenvalue weighted by atomic mass is 16.6. The maximum Gasteiger partial charge on any atom is 0.351 e. The Morgan fingerprint density at radius 3 is 2.13 bits per heavy atom. The molecule has 0 aromatic carbocycles. The third kappa shape index (κ3) is 14.1. The number of unbranched alkanes of at least 4 members (excludes halogenated alkanes) is 14. The molecule has 2 rings (SSSR count). The molecule has 0 unspecified atom stereocenters. The summed E-state index contributed by atoms with van der Waals surface area (Å²) in [7, 11) is 3.70. The van der Waals surface area contributed by atoms with Crippen LogP contribution in [0.1, 0.15) is 129 Å². The number of esters is 1. The van der Waals surface area contributed by atoms with Gasteiger partial charge in [-0.2, -0.15) is 4.98 Å². The lowest BCUT2D eigenvalue weighted by atomic mass is 10.0. The molecule has 1 fully saturated rings. The van der Waals surface area contributed by atoms with Crippen LogP contribution in [0.25, 0.3) is 0 Å². The Bertz CT molecular complexity index is 855. The van der Waals surface area contributed by atoms with Crippen LogP contribution in [0.4, 0.5) is 5.82 Å². The van der Waals surface area contributed by atoms with Gasteiger partial charge in [0.2, 0.25) is 0 Å². The highest BCUT2D eigenvalue weighted by Crippen LogP contribution is 2.27. The average Bonchev–Trinajstić information content (AvgIpc) is 3.37. The molecule has 0 spiro atoms. The molecule has 0 bridgehead atoms. The van der Waals surface area contributed by atoms with Crippen molar-refractivity contribution in [2.75, 3.05) is 20.7 Å². The zero-order chi connectivity index (χ0) is 27.4. The van der Waals surface area contributed by atoms with Crippen molar-refractivity contribution >= 4 is 18.1 Å². The van der Waals surface area contributed by atoms with Crippen LogP contribution in [0, 0.1) is 0 Å². The summed E-state index contributed by atoms with van der Waals surface area (Å²) in [6.45, 7) is 2.51. The van der Waals surface area contributed by atoms with Crippen molar-refractivity contribution < 1.29 is 14.3 Å². The number of nitrogens with zero attached hydrogens (tertiary/aromatic N) is 4. The van der Waals surface area contributed by atoms with E-state index < -0.39 is 5.69 Å².